The zero-order chi connectivity index (χ0) is 23.9. The first-order chi connectivity index (χ1) is 16.5. The standard InChI is InChI=1S/C26H25FN2O5/c27-22-9-5-4-6-19(22)14-29-23(15-33-17-25(29)31)26(32)18-10-12-20(13-11-18)28-24(30)16-34-21-7-2-1-3-8-21/h1-13,23,26,32H,14-17H2,(H,28,30)/t23-,26-/m1/s1. The van der Waals surface area contributed by atoms with Crippen molar-refractivity contribution < 1.29 is 28.6 Å². The number of nitrogens with zero attached hydrogens (tertiary/aromatic N) is 1. The number of rotatable bonds is 8. The van der Waals surface area contributed by atoms with E-state index < -0.39 is 18.0 Å². The number of aliphatic hydroxyl groups is 1. The number of hydrogen-bond donors (Lipinski definition) is 2. The molecule has 1 aliphatic heterocycles. The predicted octanol–water partition coefficient (Wildman–Crippen LogP) is 3.30. The van der Waals surface area contributed by atoms with E-state index in [-0.39, 0.29) is 38.2 Å². The van der Waals surface area contributed by atoms with Crippen molar-refractivity contribution in [1.29, 1.82) is 0 Å². The van der Waals surface area contributed by atoms with Crippen LogP contribution in [0, 0.1) is 5.82 Å². The van der Waals surface area contributed by atoms with Crippen molar-refractivity contribution in [1.82, 2.24) is 4.90 Å². The molecule has 4 rings (SSSR count). The van der Waals surface area contributed by atoms with E-state index in [0.29, 0.717) is 22.6 Å². The van der Waals surface area contributed by atoms with Gasteiger partial charge in [-0.25, -0.2) is 4.39 Å². The second kappa shape index (κ2) is 10.9. The first kappa shape index (κ1) is 23.4. The Balaban J connectivity index is 1.39. The second-order valence-electron chi connectivity index (χ2n) is 7.91. The Bertz CT molecular complexity index is 1120. The van der Waals surface area contributed by atoms with Crippen LogP contribution in [0.3, 0.4) is 0 Å². The molecule has 3 aromatic rings. The van der Waals surface area contributed by atoms with Crippen molar-refractivity contribution in [2.75, 3.05) is 25.1 Å². The van der Waals surface area contributed by atoms with Gasteiger partial charge in [0.25, 0.3) is 5.91 Å². The van der Waals surface area contributed by atoms with E-state index in [0.717, 1.165) is 0 Å². The van der Waals surface area contributed by atoms with Crippen molar-refractivity contribution in [2.24, 2.45) is 0 Å². The fourth-order valence-corrected chi connectivity index (χ4v) is 3.75. The molecule has 3 aromatic carbocycles. The highest BCUT2D eigenvalue weighted by molar-refractivity contribution is 5.91. The van der Waals surface area contributed by atoms with E-state index >= 15 is 0 Å². The summed E-state index contributed by atoms with van der Waals surface area (Å²) in [6, 6.07) is 21.2. The van der Waals surface area contributed by atoms with Gasteiger partial charge in [0, 0.05) is 17.8 Å². The number of para-hydroxylation sites is 1. The Labute approximate surface area is 196 Å². The molecule has 0 aromatic heterocycles. The fourth-order valence-electron chi connectivity index (χ4n) is 3.75. The van der Waals surface area contributed by atoms with Crippen LogP contribution in [0.2, 0.25) is 0 Å². The third-order valence-corrected chi connectivity index (χ3v) is 5.55. The van der Waals surface area contributed by atoms with Crippen LogP contribution in [0.15, 0.2) is 78.9 Å². The van der Waals surface area contributed by atoms with Gasteiger partial charge in [0.15, 0.2) is 6.61 Å². The zero-order valence-electron chi connectivity index (χ0n) is 18.4. The third kappa shape index (κ3) is 5.78. The molecule has 1 heterocycles. The molecule has 8 heteroatoms. The number of nitrogens with one attached hydrogen (secondary N) is 1. The van der Waals surface area contributed by atoms with Crippen molar-refractivity contribution in [3.63, 3.8) is 0 Å². The number of hydrogen-bond acceptors (Lipinski definition) is 5. The predicted molar refractivity (Wildman–Crippen MR) is 124 cm³/mol. The molecule has 0 bridgehead atoms. The van der Waals surface area contributed by atoms with Crippen LogP contribution in [-0.2, 0) is 20.9 Å². The lowest BCUT2D eigenvalue weighted by Gasteiger charge is -2.38. The summed E-state index contributed by atoms with van der Waals surface area (Å²) < 4.78 is 24.9. The van der Waals surface area contributed by atoms with Crippen LogP contribution in [0.1, 0.15) is 17.2 Å². The van der Waals surface area contributed by atoms with Gasteiger partial charge in [-0.2, -0.15) is 0 Å². The van der Waals surface area contributed by atoms with E-state index in [4.69, 9.17) is 9.47 Å². The van der Waals surface area contributed by atoms with E-state index in [1.165, 1.54) is 11.0 Å². The minimum absolute atomic E-state index is 0.0339. The van der Waals surface area contributed by atoms with Gasteiger partial charge in [0.2, 0.25) is 5.91 Å². The number of anilines is 1. The monoisotopic (exact) mass is 464 g/mol. The number of benzene rings is 3. The summed E-state index contributed by atoms with van der Waals surface area (Å²) in [5.41, 5.74) is 1.45. The number of ether oxygens (including phenoxy) is 2. The summed E-state index contributed by atoms with van der Waals surface area (Å²) >= 11 is 0. The number of amides is 2. The molecule has 2 amide bonds. The largest absolute Gasteiger partial charge is 0.484 e. The van der Waals surface area contributed by atoms with Crippen LogP contribution in [0.5, 0.6) is 5.75 Å². The minimum Gasteiger partial charge on any atom is -0.484 e. The molecule has 7 nitrogen and oxygen atoms in total. The van der Waals surface area contributed by atoms with E-state index in [1.807, 2.05) is 18.2 Å². The van der Waals surface area contributed by atoms with Gasteiger partial charge in [-0.1, -0.05) is 48.5 Å². The zero-order valence-corrected chi connectivity index (χ0v) is 18.4. The van der Waals surface area contributed by atoms with E-state index in [2.05, 4.69) is 5.32 Å². The Morgan fingerprint density at radius 1 is 1.09 bits per heavy atom. The summed E-state index contributed by atoms with van der Waals surface area (Å²) in [4.78, 5) is 26.1. The topological polar surface area (TPSA) is 88.1 Å². The first-order valence-corrected chi connectivity index (χ1v) is 10.9. The fraction of sp³-hybridized carbons (Fsp3) is 0.231. The second-order valence-corrected chi connectivity index (χ2v) is 7.91. The van der Waals surface area contributed by atoms with Crippen LogP contribution in [0.25, 0.3) is 0 Å². The molecule has 2 N–H and O–H groups in total. The quantitative estimate of drug-likeness (QED) is 0.534. The Hall–Kier alpha value is -3.75. The SMILES string of the molecule is O=C(COc1ccccc1)Nc1ccc([C@@H](O)[C@H]2COCC(=O)N2Cc2ccccc2F)cc1. The number of carbonyl (C=O) groups excluding carboxylic acids is 2. The molecule has 1 aliphatic rings. The first-order valence-electron chi connectivity index (χ1n) is 10.9. The van der Waals surface area contributed by atoms with E-state index in [9.17, 15) is 19.1 Å². The smallest absolute Gasteiger partial charge is 0.262 e. The maximum atomic E-state index is 14.1. The van der Waals surface area contributed by atoms with E-state index in [1.54, 1.807) is 54.6 Å². The number of aliphatic hydroxyl groups excluding tert-OH is 1. The van der Waals surface area contributed by atoms with Gasteiger partial charge in [0.1, 0.15) is 24.3 Å². The molecular weight excluding hydrogens is 439 g/mol. The molecule has 0 saturated carbocycles. The van der Waals surface area contributed by atoms with Gasteiger partial charge < -0.3 is 24.8 Å². The van der Waals surface area contributed by atoms with Gasteiger partial charge in [-0.15, -0.1) is 0 Å². The van der Waals surface area contributed by atoms with Crippen molar-refractivity contribution in [2.45, 2.75) is 18.7 Å². The van der Waals surface area contributed by atoms with Crippen LogP contribution in [0.4, 0.5) is 10.1 Å². The summed E-state index contributed by atoms with van der Waals surface area (Å²) in [6.07, 6.45) is -1.05. The lowest BCUT2D eigenvalue weighted by molar-refractivity contribution is -0.155. The molecule has 0 radical (unpaired) electrons. The Kier molecular flexibility index (Phi) is 7.51. The Morgan fingerprint density at radius 3 is 2.53 bits per heavy atom. The minimum atomic E-state index is -1.05. The summed E-state index contributed by atoms with van der Waals surface area (Å²) in [7, 11) is 0. The van der Waals surface area contributed by atoms with Crippen molar-refractivity contribution in [3.8, 4) is 5.75 Å². The lowest BCUT2D eigenvalue weighted by Crippen LogP contribution is -2.51. The maximum Gasteiger partial charge on any atom is 0.262 e. The van der Waals surface area contributed by atoms with Gasteiger partial charge in [-0.3, -0.25) is 9.59 Å². The Morgan fingerprint density at radius 2 is 1.79 bits per heavy atom. The highest BCUT2D eigenvalue weighted by atomic mass is 19.1. The average Bonchev–Trinajstić information content (AvgIpc) is 2.86. The average molecular weight is 464 g/mol. The third-order valence-electron chi connectivity index (χ3n) is 5.55. The normalized spacial score (nSPS) is 16.7. The molecule has 176 valence electrons. The molecule has 0 aliphatic carbocycles. The maximum absolute atomic E-state index is 14.1. The van der Waals surface area contributed by atoms with Gasteiger partial charge in [0.05, 0.1) is 12.6 Å². The van der Waals surface area contributed by atoms with Gasteiger partial charge >= 0.3 is 0 Å². The number of morpholine rings is 1. The molecule has 1 fully saturated rings. The van der Waals surface area contributed by atoms with Crippen molar-refractivity contribution >= 4 is 17.5 Å². The summed E-state index contributed by atoms with van der Waals surface area (Å²) in [5, 5.41) is 13.7. The van der Waals surface area contributed by atoms with Crippen LogP contribution in [-0.4, -0.2) is 47.7 Å². The van der Waals surface area contributed by atoms with Crippen molar-refractivity contribution in [3.05, 3.63) is 95.8 Å². The number of halogens is 1. The summed E-state index contributed by atoms with van der Waals surface area (Å²) in [5.74, 6) is -0.452. The molecular formula is C26H25FN2O5. The molecule has 0 unspecified atom stereocenters. The molecule has 1 saturated heterocycles. The highest BCUT2D eigenvalue weighted by Crippen LogP contribution is 2.27. The van der Waals surface area contributed by atoms with Crippen LogP contribution >= 0.6 is 0 Å². The van der Waals surface area contributed by atoms with Crippen LogP contribution < -0.4 is 10.1 Å². The lowest BCUT2D eigenvalue weighted by atomic mass is 9.99. The highest BCUT2D eigenvalue weighted by Gasteiger charge is 2.35. The molecule has 2 atom stereocenters. The molecule has 34 heavy (non-hydrogen) atoms. The van der Waals surface area contributed by atoms with Gasteiger partial charge in [-0.05, 0) is 35.9 Å². The summed E-state index contributed by atoms with van der Waals surface area (Å²) in [6.45, 7) is -0.0998. The molecule has 0 spiro atoms. The number of carbonyl (C=O) groups is 2.